The molecule has 32 heavy (non-hydrogen) atoms. The van der Waals surface area contributed by atoms with Crippen LogP contribution in [0, 0.1) is 10.8 Å². The van der Waals surface area contributed by atoms with Crippen molar-refractivity contribution in [2.45, 2.75) is 78.5 Å². The summed E-state index contributed by atoms with van der Waals surface area (Å²) in [6, 6.07) is 9.45. The van der Waals surface area contributed by atoms with Crippen molar-refractivity contribution < 1.29 is 38.0 Å². The average molecular weight is 451 g/mol. The highest BCUT2D eigenvalue weighted by Gasteiger charge is 2.55. The minimum Gasteiger partial charge on any atom is -0.455 e. The van der Waals surface area contributed by atoms with E-state index in [9.17, 15) is 9.59 Å². The van der Waals surface area contributed by atoms with E-state index in [-0.39, 0.29) is 6.61 Å². The van der Waals surface area contributed by atoms with Gasteiger partial charge in [-0.1, -0.05) is 30.3 Å². The van der Waals surface area contributed by atoms with Crippen molar-refractivity contribution in [3.8, 4) is 0 Å². The zero-order chi connectivity index (χ0) is 23.7. The van der Waals surface area contributed by atoms with Crippen LogP contribution in [0.15, 0.2) is 30.3 Å². The van der Waals surface area contributed by atoms with Crippen molar-refractivity contribution in [2.24, 2.45) is 10.8 Å². The first-order chi connectivity index (χ1) is 14.9. The van der Waals surface area contributed by atoms with Crippen LogP contribution in [-0.2, 0) is 38.0 Å². The Balaban J connectivity index is 1.93. The molecule has 2 aliphatic rings. The summed E-state index contributed by atoms with van der Waals surface area (Å²) in [6.07, 6.45) is -4.84. The summed E-state index contributed by atoms with van der Waals surface area (Å²) in [7, 11) is 1.45. The van der Waals surface area contributed by atoms with Crippen molar-refractivity contribution in [2.75, 3.05) is 13.7 Å². The molecule has 0 radical (unpaired) electrons. The Labute approximate surface area is 189 Å². The summed E-state index contributed by atoms with van der Waals surface area (Å²) in [5.74, 6) is -0.906. The molecule has 0 N–H and O–H groups in total. The van der Waals surface area contributed by atoms with Gasteiger partial charge in [0.05, 0.1) is 17.4 Å². The molecule has 2 fully saturated rings. The van der Waals surface area contributed by atoms with Gasteiger partial charge in [0.25, 0.3) is 0 Å². The van der Waals surface area contributed by atoms with Gasteiger partial charge in [-0.05, 0) is 41.5 Å². The summed E-state index contributed by atoms with van der Waals surface area (Å²) in [5, 5.41) is 0. The molecule has 8 heteroatoms. The fraction of sp³-hybridized carbons (Fsp3) is 0.667. The second kappa shape index (κ2) is 9.47. The van der Waals surface area contributed by atoms with E-state index >= 15 is 0 Å². The molecule has 1 aromatic carbocycles. The van der Waals surface area contributed by atoms with Crippen molar-refractivity contribution >= 4 is 11.9 Å². The van der Waals surface area contributed by atoms with Gasteiger partial charge in [0.1, 0.15) is 12.2 Å². The molecule has 0 unspecified atom stereocenters. The van der Waals surface area contributed by atoms with E-state index < -0.39 is 59.8 Å². The van der Waals surface area contributed by atoms with Crippen LogP contribution >= 0.6 is 0 Å². The van der Waals surface area contributed by atoms with Gasteiger partial charge in [-0.2, -0.15) is 0 Å². The van der Waals surface area contributed by atoms with E-state index in [1.54, 1.807) is 41.5 Å². The largest absolute Gasteiger partial charge is 0.455 e. The molecule has 178 valence electrons. The predicted octanol–water partition coefficient (Wildman–Crippen LogP) is 3.39. The third-order valence-corrected chi connectivity index (χ3v) is 5.30. The number of benzene rings is 1. The Morgan fingerprint density at radius 3 is 1.97 bits per heavy atom. The Morgan fingerprint density at radius 2 is 1.44 bits per heavy atom. The molecule has 3 rings (SSSR count). The molecule has 2 heterocycles. The van der Waals surface area contributed by atoms with Gasteiger partial charge in [-0.15, -0.1) is 0 Å². The molecule has 0 saturated carbocycles. The van der Waals surface area contributed by atoms with Gasteiger partial charge in [-0.25, -0.2) is 0 Å². The van der Waals surface area contributed by atoms with Gasteiger partial charge in [0.2, 0.25) is 0 Å². The summed E-state index contributed by atoms with van der Waals surface area (Å²) < 4.78 is 35.3. The zero-order valence-corrected chi connectivity index (χ0v) is 19.8. The molecular weight excluding hydrogens is 416 g/mol. The van der Waals surface area contributed by atoms with E-state index in [0.717, 1.165) is 5.56 Å². The highest BCUT2D eigenvalue weighted by Crippen LogP contribution is 2.38. The number of carbonyl (C=O) groups is 2. The van der Waals surface area contributed by atoms with Crippen LogP contribution in [-0.4, -0.2) is 56.4 Å². The summed E-state index contributed by atoms with van der Waals surface area (Å²) in [5.41, 5.74) is -0.709. The number of esters is 2. The molecule has 0 aromatic heterocycles. The van der Waals surface area contributed by atoms with Crippen molar-refractivity contribution in [3.63, 3.8) is 0 Å². The third-order valence-electron chi connectivity index (χ3n) is 5.30. The summed E-state index contributed by atoms with van der Waals surface area (Å²) in [4.78, 5) is 25.6. The van der Waals surface area contributed by atoms with Gasteiger partial charge in [-0.3, -0.25) is 9.59 Å². The third kappa shape index (κ3) is 5.49. The fourth-order valence-corrected chi connectivity index (χ4v) is 3.38. The van der Waals surface area contributed by atoms with Gasteiger partial charge in [0, 0.05) is 12.7 Å². The average Bonchev–Trinajstić information content (AvgIpc) is 2.73. The number of rotatable bonds is 4. The predicted molar refractivity (Wildman–Crippen MR) is 114 cm³/mol. The molecule has 1 aromatic rings. The van der Waals surface area contributed by atoms with E-state index in [1.165, 1.54) is 7.11 Å². The number of methoxy groups -OCH3 is 1. The first kappa shape index (κ1) is 24.6. The topological polar surface area (TPSA) is 89.5 Å². The highest BCUT2D eigenvalue weighted by molar-refractivity contribution is 5.76. The van der Waals surface area contributed by atoms with Crippen LogP contribution in [0.25, 0.3) is 0 Å². The Morgan fingerprint density at radius 1 is 0.875 bits per heavy atom. The molecule has 2 aliphatic heterocycles. The smallest absolute Gasteiger partial charge is 0.311 e. The number of carbonyl (C=O) groups excluding carboxylic acids is 2. The SMILES string of the molecule is CO[C@H]1O[C@@H]2CO[C@@H](c3ccccc3)O[C@H]2[C@H](OC(=O)C(C)(C)C)[C@H]1OC(=O)C(C)(C)C. The zero-order valence-electron chi connectivity index (χ0n) is 19.8. The van der Waals surface area contributed by atoms with Crippen LogP contribution in [0.5, 0.6) is 0 Å². The number of ether oxygens (including phenoxy) is 6. The first-order valence-electron chi connectivity index (χ1n) is 10.8. The fourth-order valence-electron chi connectivity index (χ4n) is 3.38. The number of hydrogen-bond acceptors (Lipinski definition) is 8. The Hall–Kier alpha value is -2.00. The first-order valence-corrected chi connectivity index (χ1v) is 10.8. The van der Waals surface area contributed by atoms with Crippen LogP contribution in [0.4, 0.5) is 0 Å². The monoisotopic (exact) mass is 450 g/mol. The second-order valence-corrected chi connectivity index (χ2v) is 10.2. The number of fused-ring (bicyclic) bond motifs is 1. The van der Waals surface area contributed by atoms with Crippen LogP contribution < -0.4 is 0 Å². The molecule has 0 amide bonds. The van der Waals surface area contributed by atoms with E-state index in [2.05, 4.69) is 0 Å². The van der Waals surface area contributed by atoms with Crippen molar-refractivity contribution in [1.29, 1.82) is 0 Å². The maximum absolute atomic E-state index is 12.9. The van der Waals surface area contributed by atoms with Crippen LogP contribution in [0.3, 0.4) is 0 Å². The molecule has 6 atom stereocenters. The standard InChI is InChI=1S/C24H34O8/c1-23(2,3)21(25)31-17-16-15(13-28-19(30-16)14-11-9-8-10-12-14)29-20(27-7)18(17)32-22(26)24(4,5)6/h8-12,15-20H,13H2,1-7H3/t15-,16-,17+,18-,19-,20+/m1/s1. The highest BCUT2D eigenvalue weighted by atomic mass is 16.8. The van der Waals surface area contributed by atoms with Gasteiger partial charge < -0.3 is 28.4 Å². The lowest BCUT2D eigenvalue weighted by atomic mass is 9.93. The molecule has 0 aliphatic carbocycles. The Bertz CT molecular complexity index is 794. The normalized spacial score (nSPS) is 30.8. The van der Waals surface area contributed by atoms with Crippen LogP contribution in [0.1, 0.15) is 53.4 Å². The molecule has 2 saturated heterocycles. The molecule has 0 spiro atoms. The second-order valence-electron chi connectivity index (χ2n) is 10.2. The summed E-state index contributed by atoms with van der Waals surface area (Å²) >= 11 is 0. The van der Waals surface area contributed by atoms with Crippen molar-refractivity contribution in [3.05, 3.63) is 35.9 Å². The number of hydrogen-bond donors (Lipinski definition) is 0. The van der Waals surface area contributed by atoms with E-state index in [1.807, 2.05) is 30.3 Å². The van der Waals surface area contributed by atoms with Gasteiger partial charge in [0.15, 0.2) is 24.8 Å². The minimum atomic E-state index is -1.01. The van der Waals surface area contributed by atoms with Crippen LogP contribution in [0.2, 0.25) is 0 Å². The van der Waals surface area contributed by atoms with Gasteiger partial charge >= 0.3 is 11.9 Å². The quantitative estimate of drug-likeness (QED) is 0.645. The minimum absolute atomic E-state index is 0.202. The lowest BCUT2D eigenvalue weighted by Gasteiger charge is -2.48. The molecular formula is C24H34O8. The maximum Gasteiger partial charge on any atom is 0.311 e. The maximum atomic E-state index is 12.9. The van der Waals surface area contributed by atoms with Crippen molar-refractivity contribution in [1.82, 2.24) is 0 Å². The lowest BCUT2D eigenvalue weighted by molar-refractivity contribution is -0.360. The van der Waals surface area contributed by atoms with E-state index in [0.29, 0.717) is 0 Å². The van der Waals surface area contributed by atoms with E-state index in [4.69, 9.17) is 28.4 Å². The molecule has 8 nitrogen and oxygen atoms in total. The summed E-state index contributed by atoms with van der Waals surface area (Å²) in [6.45, 7) is 10.7. The molecule has 0 bridgehead atoms. The lowest BCUT2D eigenvalue weighted by Crippen LogP contribution is -2.64. The Kier molecular flexibility index (Phi) is 7.29.